The van der Waals surface area contributed by atoms with Gasteiger partial charge in [0.25, 0.3) is 0 Å². The zero-order chi connectivity index (χ0) is 24.9. The van der Waals surface area contributed by atoms with Crippen LogP contribution in [-0.2, 0) is 11.2 Å². The summed E-state index contributed by atoms with van der Waals surface area (Å²) < 4.78 is 17.8. The van der Waals surface area contributed by atoms with Gasteiger partial charge in [-0.15, -0.1) is 0 Å². The lowest BCUT2D eigenvalue weighted by atomic mass is 9.84. The molecule has 0 bridgehead atoms. The summed E-state index contributed by atoms with van der Waals surface area (Å²) in [5.41, 5.74) is 4.03. The van der Waals surface area contributed by atoms with Gasteiger partial charge >= 0.3 is 5.97 Å². The van der Waals surface area contributed by atoms with Crippen LogP contribution in [0.25, 0.3) is 0 Å². The minimum Gasteiger partial charge on any atom is -0.487 e. The molecule has 0 saturated carbocycles. The maximum Gasteiger partial charge on any atom is 0.344 e. The Morgan fingerprint density at radius 2 is 2.03 bits per heavy atom. The molecule has 1 aromatic heterocycles. The smallest absolute Gasteiger partial charge is 0.344 e. The largest absolute Gasteiger partial charge is 0.487 e. The van der Waals surface area contributed by atoms with Gasteiger partial charge in [0.1, 0.15) is 17.1 Å². The van der Waals surface area contributed by atoms with E-state index in [9.17, 15) is 9.90 Å². The molecular formula is C27H38N2O5. The van der Waals surface area contributed by atoms with Crippen molar-refractivity contribution in [2.75, 3.05) is 19.8 Å². The van der Waals surface area contributed by atoms with Gasteiger partial charge in [0.15, 0.2) is 0 Å². The Hall–Kier alpha value is -2.48. The lowest BCUT2D eigenvalue weighted by Crippen LogP contribution is -2.39. The molecule has 2 unspecified atom stereocenters. The second kappa shape index (κ2) is 11.3. The molecule has 34 heavy (non-hydrogen) atoms. The van der Waals surface area contributed by atoms with Crippen molar-refractivity contribution in [2.24, 2.45) is 0 Å². The second-order valence-electron chi connectivity index (χ2n) is 9.73. The summed E-state index contributed by atoms with van der Waals surface area (Å²) in [4.78, 5) is 17.0. The Morgan fingerprint density at radius 3 is 2.71 bits per heavy atom. The number of nitrogens with zero attached hydrogens (tertiary/aromatic N) is 1. The van der Waals surface area contributed by atoms with Gasteiger partial charge in [0, 0.05) is 25.2 Å². The number of carbonyl (C=O) groups is 1. The first-order valence-corrected chi connectivity index (χ1v) is 12.0. The lowest BCUT2D eigenvalue weighted by molar-refractivity contribution is -0.00660. The van der Waals surface area contributed by atoms with E-state index in [-0.39, 0.29) is 11.6 Å². The highest BCUT2D eigenvalue weighted by Crippen LogP contribution is 2.42. The van der Waals surface area contributed by atoms with Crippen molar-refractivity contribution < 1.29 is 24.1 Å². The molecule has 0 aliphatic carbocycles. The number of esters is 1. The number of nitrogens with one attached hydrogen (secondary N) is 1. The van der Waals surface area contributed by atoms with E-state index in [0.717, 1.165) is 47.3 Å². The zero-order valence-electron chi connectivity index (χ0n) is 21.2. The Balaban J connectivity index is 1.67. The van der Waals surface area contributed by atoms with E-state index >= 15 is 0 Å². The quantitative estimate of drug-likeness (QED) is 0.399. The monoisotopic (exact) mass is 470 g/mol. The molecule has 7 nitrogen and oxygen atoms in total. The topological polar surface area (TPSA) is 89.9 Å². The highest BCUT2D eigenvalue weighted by molar-refractivity contribution is 5.95. The number of pyridine rings is 1. The number of ether oxygens (including phenoxy) is 3. The fraction of sp³-hybridized carbons (Fsp3) is 0.556. The van der Waals surface area contributed by atoms with Crippen molar-refractivity contribution >= 4 is 5.97 Å². The Bertz CT molecular complexity index is 993. The fourth-order valence-corrected chi connectivity index (χ4v) is 4.30. The van der Waals surface area contributed by atoms with Gasteiger partial charge in [-0.2, -0.15) is 0 Å². The molecule has 0 spiro atoms. The number of benzene rings is 1. The fourth-order valence-electron chi connectivity index (χ4n) is 4.30. The SMILES string of the molecule is Cc1c(C)c(C(=O)Oc2cccnc2)c(C)c2c1OC(C)(CCOCC(O)CNC(C)C)CC2. The molecule has 0 amide bonds. The van der Waals surface area contributed by atoms with Gasteiger partial charge in [0.05, 0.1) is 31.1 Å². The number of aromatic nitrogens is 1. The molecule has 186 valence electrons. The summed E-state index contributed by atoms with van der Waals surface area (Å²) in [5, 5.41) is 13.2. The van der Waals surface area contributed by atoms with Crippen LogP contribution in [-0.4, -0.2) is 53.6 Å². The Labute approximate surface area is 202 Å². The highest BCUT2D eigenvalue weighted by atomic mass is 16.5. The van der Waals surface area contributed by atoms with E-state index in [2.05, 4.69) is 17.2 Å². The van der Waals surface area contributed by atoms with Crippen LogP contribution in [0.4, 0.5) is 0 Å². The van der Waals surface area contributed by atoms with Gasteiger partial charge in [-0.3, -0.25) is 4.98 Å². The average molecular weight is 471 g/mol. The van der Waals surface area contributed by atoms with Crippen LogP contribution >= 0.6 is 0 Å². The van der Waals surface area contributed by atoms with E-state index in [4.69, 9.17) is 14.2 Å². The van der Waals surface area contributed by atoms with Crippen LogP contribution in [0.2, 0.25) is 0 Å². The van der Waals surface area contributed by atoms with Crippen LogP contribution in [0.1, 0.15) is 66.2 Å². The molecule has 1 aliphatic rings. The van der Waals surface area contributed by atoms with Crippen LogP contribution in [0.3, 0.4) is 0 Å². The van der Waals surface area contributed by atoms with Crippen LogP contribution in [0.5, 0.6) is 11.5 Å². The highest BCUT2D eigenvalue weighted by Gasteiger charge is 2.35. The number of rotatable bonds is 10. The first-order chi connectivity index (χ1) is 16.1. The number of fused-ring (bicyclic) bond motifs is 1. The summed E-state index contributed by atoms with van der Waals surface area (Å²) >= 11 is 0. The molecule has 1 aromatic carbocycles. The Kier molecular flexibility index (Phi) is 8.68. The third kappa shape index (κ3) is 6.34. The van der Waals surface area contributed by atoms with E-state index in [0.29, 0.717) is 37.1 Å². The number of aliphatic hydroxyl groups is 1. The van der Waals surface area contributed by atoms with Crippen molar-refractivity contribution in [1.29, 1.82) is 0 Å². The predicted molar refractivity (Wildman–Crippen MR) is 132 cm³/mol. The third-order valence-corrected chi connectivity index (χ3v) is 6.53. The summed E-state index contributed by atoms with van der Waals surface area (Å²) in [6.45, 7) is 13.4. The first-order valence-electron chi connectivity index (χ1n) is 12.0. The lowest BCUT2D eigenvalue weighted by Gasteiger charge is -2.38. The molecular weight excluding hydrogens is 432 g/mol. The van der Waals surface area contributed by atoms with E-state index in [1.54, 1.807) is 18.3 Å². The van der Waals surface area contributed by atoms with Gasteiger partial charge < -0.3 is 24.6 Å². The van der Waals surface area contributed by atoms with Gasteiger partial charge in [-0.25, -0.2) is 4.79 Å². The summed E-state index contributed by atoms with van der Waals surface area (Å²) in [7, 11) is 0. The summed E-state index contributed by atoms with van der Waals surface area (Å²) in [6, 6.07) is 3.79. The number of carbonyl (C=O) groups excluding carboxylic acids is 1. The molecule has 2 heterocycles. The van der Waals surface area contributed by atoms with Crippen LogP contribution in [0.15, 0.2) is 24.5 Å². The minimum absolute atomic E-state index is 0.298. The van der Waals surface area contributed by atoms with Gasteiger partial charge in [-0.1, -0.05) is 13.8 Å². The number of hydrogen-bond acceptors (Lipinski definition) is 7. The van der Waals surface area contributed by atoms with Crippen molar-refractivity contribution in [3.05, 3.63) is 52.3 Å². The maximum atomic E-state index is 13.0. The van der Waals surface area contributed by atoms with Crippen molar-refractivity contribution in [2.45, 2.75) is 78.6 Å². The van der Waals surface area contributed by atoms with Gasteiger partial charge in [0.2, 0.25) is 0 Å². The molecule has 0 saturated heterocycles. The maximum absolute atomic E-state index is 13.0. The average Bonchev–Trinajstić information content (AvgIpc) is 2.80. The summed E-state index contributed by atoms with van der Waals surface area (Å²) in [5.74, 6) is 0.916. The van der Waals surface area contributed by atoms with Crippen LogP contribution < -0.4 is 14.8 Å². The minimum atomic E-state index is -0.527. The zero-order valence-corrected chi connectivity index (χ0v) is 21.2. The molecule has 0 fully saturated rings. The van der Waals surface area contributed by atoms with Crippen LogP contribution in [0, 0.1) is 20.8 Å². The van der Waals surface area contributed by atoms with E-state index < -0.39 is 6.10 Å². The molecule has 2 N–H and O–H groups in total. The van der Waals surface area contributed by atoms with E-state index in [1.807, 2.05) is 34.6 Å². The van der Waals surface area contributed by atoms with Crippen molar-refractivity contribution in [1.82, 2.24) is 10.3 Å². The van der Waals surface area contributed by atoms with Crippen molar-refractivity contribution in [3.63, 3.8) is 0 Å². The third-order valence-electron chi connectivity index (χ3n) is 6.53. The number of hydrogen-bond donors (Lipinski definition) is 2. The molecule has 0 radical (unpaired) electrons. The first kappa shape index (κ1) is 26.1. The molecule has 2 aromatic rings. The molecule has 3 rings (SSSR count). The number of aliphatic hydroxyl groups excluding tert-OH is 1. The Morgan fingerprint density at radius 1 is 1.26 bits per heavy atom. The molecule has 2 atom stereocenters. The predicted octanol–water partition coefficient (Wildman–Crippen LogP) is 4.08. The molecule has 1 aliphatic heterocycles. The standard InChI is InChI=1S/C27H38N2O5/c1-17(2)29-14-21(30)16-32-13-11-27(6)10-9-23-20(5)24(18(3)19(4)25(23)34-27)26(31)33-22-8-7-12-28-15-22/h7-8,12,15,17,21,29-30H,9-11,13-14,16H2,1-6H3. The normalized spacial score (nSPS) is 18.4. The van der Waals surface area contributed by atoms with E-state index in [1.165, 1.54) is 6.20 Å². The molecule has 7 heteroatoms. The van der Waals surface area contributed by atoms with Gasteiger partial charge in [-0.05, 0) is 74.9 Å². The second-order valence-corrected chi connectivity index (χ2v) is 9.73. The van der Waals surface area contributed by atoms with Crippen molar-refractivity contribution in [3.8, 4) is 11.5 Å². The summed E-state index contributed by atoms with van der Waals surface area (Å²) in [6.07, 6.45) is 5.00.